The van der Waals surface area contributed by atoms with Crippen molar-refractivity contribution in [1.29, 1.82) is 0 Å². The molecule has 0 saturated heterocycles. The minimum atomic E-state index is -0.0239. The van der Waals surface area contributed by atoms with Crippen LogP contribution in [0, 0.1) is 5.41 Å². The number of hydrogen-bond acceptors (Lipinski definition) is 3. The largest absolute Gasteiger partial charge is 0.494 e. The number of Topliss-reactive ketones (excluding diaryl/α,β-unsaturated/α-hetero) is 1. The fourth-order valence-corrected chi connectivity index (χ4v) is 2.83. The summed E-state index contributed by atoms with van der Waals surface area (Å²) < 4.78 is 7.23. The van der Waals surface area contributed by atoms with Crippen LogP contribution < -0.4 is 4.74 Å². The van der Waals surface area contributed by atoms with E-state index in [9.17, 15) is 4.79 Å². The van der Waals surface area contributed by atoms with Crippen LogP contribution in [0.15, 0.2) is 30.5 Å². The normalized spacial score (nSPS) is 16.9. The Kier molecular flexibility index (Phi) is 2.89. The van der Waals surface area contributed by atoms with Crippen LogP contribution in [-0.4, -0.2) is 22.7 Å². The molecule has 0 bridgehead atoms. The van der Waals surface area contributed by atoms with Crippen molar-refractivity contribution < 1.29 is 9.53 Å². The van der Waals surface area contributed by atoms with Gasteiger partial charge in [-0.05, 0) is 24.0 Å². The molecule has 0 spiro atoms. The van der Waals surface area contributed by atoms with Crippen LogP contribution in [0.4, 0.5) is 0 Å². The number of carbonyl (C=O) groups excluding carboxylic acids is 1. The number of benzene rings is 1. The van der Waals surface area contributed by atoms with Crippen molar-refractivity contribution in [3.8, 4) is 11.4 Å². The van der Waals surface area contributed by atoms with Crippen LogP contribution in [0.1, 0.15) is 36.3 Å². The Morgan fingerprint density at radius 1 is 1.25 bits per heavy atom. The molecular weight excluding hydrogens is 252 g/mol. The standard InChI is InChI=1S/C16H18N2O2/c1-16(2)8-13-11(14(19)9-16)10-17-18(13)12-6-4-5-7-15(12)20-3/h4-7,10H,8-9H2,1-3H3. The van der Waals surface area contributed by atoms with Crippen LogP contribution in [0.3, 0.4) is 0 Å². The maximum absolute atomic E-state index is 12.2. The fraction of sp³-hybridized carbons (Fsp3) is 0.375. The molecule has 0 fully saturated rings. The lowest BCUT2D eigenvalue weighted by Gasteiger charge is -2.29. The van der Waals surface area contributed by atoms with Crippen LogP contribution in [-0.2, 0) is 6.42 Å². The molecule has 0 N–H and O–H groups in total. The lowest BCUT2D eigenvalue weighted by molar-refractivity contribution is 0.0911. The number of nitrogens with zero attached hydrogens (tertiary/aromatic N) is 2. The molecule has 0 aliphatic heterocycles. The van der Waals surface area contributed by atoms with Crippen molar-refractivity contribution in [2.75, 3.05) is 7.11 Å². The third-order valence-electron chi connectivity index (χ3n) is 3.77. The van der Waals surface area contributed by atoms with E-state index >= 15 is 0 Å². The Morgan fingerprint density at radius 3 is 2.75 bits per heavy atom. The first kappa shape index (κ1) is 12.9. The zero-order chi connectivity index (χ0) is 14.3. The summed E-state index contributed by atoms with van der Waals surface area (Å²) in [4.78, 5) is 12.2. The summed E-state index contributed by atoms with van der Waals surface area (Å²) in [5.41, 5.74) is 2.58. The molecule has 1 heterocycles. The monoisotopic (exact) mass is 270 g/mol. The van der Waals surface area contributed by atoms with Gasteiger partial charge in [0.05, 0.1) is 24.6 Å². The molecule has 0 amide bonds. The smallest absolute Gasteiger partial charge is 0.166 e. The van der Waals surface area contributed by atoms with Crippen molar-refractivity contribution in [3.63, 3.8) is 0 Å². The van der Waals surface area contributed by atoms with Crippen LogP contribution in [0.25, 0.3) is 5.69 Å². The van der Waals surface area contributed by atoms with Gasteiger partial charge in [0.2, 0.25) is 0 Å². The first-order valence-electron chi connectivity index (χ1n) is 6.75. The first-order chi connectivity index (χ1) is 9.52. The van der Waals surface area contributed by atoms with Gasteiger partial charge < -0.3 is 4.74 Å². The highest BCUT2D eigenvalue weighted by molar-refractivity contribution is 5.98. The Morgan fingerprint density at radius 2 is 2.00 bits per heavy atom. The van der Waals surface area contributed by atoms with Gasteiger partial charge in [-0.2, -0.15) is 5.10 Å². The number of rotatable bonds is 2. The predicted molar refractivity (Wildman–Crippen MR) is 76.5 cm³/mol. The van der Waals surface area contributed by atoms with Gasteiger partial charge in [-0.3, -0.25) is 4.79 Å². The van der Waals surface area contributed by atoms with E-state index in [2.05, 4.69) is 18.9 Å². The number of aromatic nitrogens is 2. The van der Waals surface area contributed by atoms with Gasteiger partial charge in [0.1, 0.15) is 11.4 Å². The molecule has 0 saturated carbocycles. The first-order valence-corrected chi connectivity index (χ1v) is 6.75. The van der Waals surface area contributed by atoms with Crippen LogP contribution in [0.2, 0.25) is 0 Å². The van der Waals surface area contributed by atoms with E-state index in [0.717, 1.165) is 29.1 Å². The van der Waals surface area contributed by atoms with Gasteiger partial charge in [-0.25, -0.2) is 4.68 Å². The zero-order valence-corrected chi connectivity index (χ0v) is 12.0. The van der Waals surface area contributed by atoms with Crippen molar-refractivity contribution in [2.45, 2.75) is 26.7 Å². The minimum Gasteiger partial charge on any atom is -0.494 e. The second-order valence-electron chi connectivity index (χ2n) is 6.03. The fourth-order valence-electron chi connectivity index (χ4n) is 2.83. The lowest BCUT2D eigenvalue weighted by Crippen LogP contribution is -2.27. The molecule has 104 valence electrons. The third-order valence-corrected chi connectivity index (χ3v) is 3.77. The molecule has 1 aromatic carbocycles. The van der Waals surface area contributed by atoms with Crippen molar-refractivity contribution >= 4 is 5.78 Å². The molecule has 4 nitrogen and oxygen atoms in total. The average molecular weight is 270 g/mol. The molecule has 1 aliphatic carbocycles. The summed E-state index contributed by atoms with van der Waals surface area (Å²) in [5, 5.41) is 4.41. The molecule has 4 heteroatoms. The Balaban J connectivity index is 2.16. The second-order valence-corrected chi connectivity index (χ2v) is 6.03. The second kappa shape index (κ2) is 4.47. The maximum Gasteiger partial charge on any atom is 0.166 e. The molecule has 1 aliphatic rings. The van der Waals surface area contributed by atoms with Crippen molar-refractivity contribution in [3.05, 3.63) is 41.7 Å². The minimum absolute atomic E-state index is 0.0239. The molecule has 2 aromatic rings. The van der Waals surface area contributed by atoms with Gasteiger partial charge in [0.25, 0.3) is 0 Å². The van der Waals surface area contributed by atoms with Crippen LogP contribution >= 0.6 is 0 Å². The average Bonchev–Trinajstić information content (AvgIpc) is 2.81. The summed E-state index contributed by atoms with van der Waals surface area (Å²) in [5.74, 6) is 0.937. The van der Waals surface area contributed by atoms with Crippen molar-refractivity contribution in [1.82, 2.24) is 9.78 Å². The van der Waals surface area contributed by atoms with Gasteiger partial charge in [0.15, 0.2) is 5.78 Å². The molecule has 3 rings (SSSR count). The highest BCUT2D eigenvalue weighted by Crippen LogP contribution is 2.36. The SMILES string of the molecule is COc1ccccc1-n1ncc2c1CC(C)(C)CC2=O. The van der Waals surface area contributed by atoms with E-state index in [1.165, 1.54) is 0 Å². The van der Waals surface area contributed by atoms with Gasteiger partial charge in [-0.15, -0.1) is 0 Å². The lowest BCUT2D eigenvalue weighted by atomic mass is 9.76. The highest BCUT2D eigenvalue weighted by atomic mass is 16.5. The van der Waals surface area contributed by atoms with E-state index in [4.69, 9.17) is 4.74 Å². The molecule has 0 radical (unpaired) electrons. The number of methoxy groups -OCH3 is 1. The van der Waals surface area contributed by atoms with Gasteiger partial charge in [-0.1, -0.05) is 26.0 Å². The molecule has 1 aromatic heterocycles. The van der Waals surface area contributed by atoms with E-state index in [0.29, 0.717) is 6.42 Å². The third kappa shape index (κ3) is 2.01. The molecule has 20 heavy (non-hydrogen) atoms. The number of ether oxygens (including phenoxy) is 1. The zero-order valence-electron chi connectivity index (χ0n) is 12.0. The molecule has 0 unspecified atom stereocenters. The summed E-state index contributed by atoms with van der Waals surface area (Å²) in [6, 6.07) is 7.73. The topological polar surface area (TPSA) is 44.1 Å². The van der Waals surface area contributed by atoms with Crippen molar-refractivity contribution in [2.24, 2.45) is 5.41 Å². The number of fused-ring (bicyclic) bond motifs is 1. The van der Waals surface area contributed by atoms with Gasteiger partial charge in [0, 0.05) is 6.42 Å². The van der Waals surface area contributed by atoms with Gasteiger partial charge >= 0.3 is 0 Å². The van der Waals surface area contributed by atoms with Crippen LogP contribution in [0.5, 0.6) is 5.75 Å². The molecular formula is C16H18N2O2. The number of para-hydroxylation sites is 2. The Labute approximate surface area is 118 Å². The Hall–Kier alpha value is -2.10. The number of ketones is 1. The summed E-state index contributed by atoms with van der Waals surface area (Å²) >= 11 is 0. The van der Waals surface area contributed by atoms with E-state index in [1.807, 2.05) is 28.9 Å². The van der Waals surface area contributed by atoms with E-state index < -0.39 is 0 Å². The maximum atomic E-state index is 12.2. The highest BCUT2D eigenvalue weighted by Gasteiger charge is 2.34. The summed E-state index contributed by atoms with van der Waals surface area (Å²) in [6.07, 6.45) is 3.10. The molecule has 0 atom stereocenters. The quantitative estimate of drug-likeness (QED) is 0.842. The Bertz CT molecular complexity index is 671. The summed E-state index contributed by atoms with van der Waals surface area (Å²) in [6.45, 7) is 4.24. The van der Waals surface area contributed by atoms with E-state index in [-0.39, 0.29) is 11.2 Å². The van der Waals surface area contributed by atoms with E-state index in [1.54, 1.807) is 13.3 Å². The number of carbonyl (C=O) groups is 1. The summed E-state index contributed by atoms with van der Waals surface area (Å²) in [7, 11) is 1.64. The predicted octanol–water partition coefficient (Wildman–Crippen LogP) is 3.04. The number of hydrogen-bond donors (Lipinski definition) is 0.